The zero-order chi connectivity index (χ0) is 26.5. The van der Waals surface area contributed by atoms with Crippen molar-refractivity contribution in [2.75, 3.05) is 33.2 Å². The van der Waals surface area contributed by atoms with Gasteiger partial charge < -0.3 is 24.1 Å². The van der Waals surface area contributed by atoms with Crippen LogP contribution in [0.25, 0.3) is 12.2 Å². The zero-order valence-corrected chi connectivity index (χ0v) is 20.7. The molecule has 0 radical (unpaired) electrons. The number of ether oxygens (including phenoxy) is 4. The number of methoxy groups -OCH3 is 4. The largest absolute Gasteiger partial charge is 0.504 e. The van der Waals surface area contributed by atoms with E-state index in [9.17, 15) is 23.6 Å². The first-order chi connectivity index (χ1) is 17.1. The summed E-state index contributed by atoms with van der Waals surface area (Å²) in [5.41, 5.74) is 0.535. The van der Waals surface area contributed by atoms with Gasteiger partial charge in [-0.2, -0.15) is 0 Å². The topological polar surface area (TPSA) is 146 Å². The highest BCUT2D eigenvalue weighted by Crippen LogP contribution is 2.41. The third-order valence-electron chi connectivity index (χ3n) is 5.09. The summed E-state index contributed by atoms with van der Waals surface area (Å²) in [6, 6.07) is 10.8. The fraction of sp³-hybridized carbons (Fsp3) is 0.167. The van der Waals surface area contributed by atoms with Crippen LogP contribution in [0.3, 0.4) is 0 Å². The van der Waals surface area contributed by atoms with Crippen LogP contribution in [-0.4, -0.2) is 46.9 Å². The summed E-state index contributed by atoms with van der Waals surface area (Å²) >= 11 is 0. The molecule has 0 atom stereocenters. The molecule has 0 aromatic heterocycles. The maximum atomic E-state index is 13.1. The Hall–Kier alpha value is -4.45. The van der Waals surface area contributed by atoms with Crippen LogP contribution in [0.4, 0.5) is 11.4 Å². The van der Waals surface area contributed by atoms with Crippen LogP contribution < -0.4 is 23.7 Å². The van der Waals surface area contributed by atoms with Gasteiger partial charge in [0.1, 0.15) is 5.69 Å². The number of hydrogen-bond donors (Lipinski definition) is 2. The van der Waals surface area contributed by atoms with Gasteiger partial charge in [0, 0.05) is 17.7 Å². The molecule has 36 heavy (non-hydrogen) atoms. The van der Waals surface area contributed by atoms with Crippen molar-refractivity contribution in [2.24, 2.45) is 0 Å². The van der Waals surface area contributed by atoms with E-state index in [1.165, 1.54) is 58.8 Å². The number of anilines is 1. The molecule has 0 aliphatic rings. The number of benzene rings is 3. The number of phenols is 1. The van der Waals surface area contributed by atoms with Gasteiger partial charge in [0.05, 0.1) is 38.3 Å². The second kappa shape index (κ2) is 10.9. The van der Waals surface area contributed by atoms with Crippen molar-refractivity contribution >= 4 is 33.6 Å². The fourth-order valence-electron chi connectivity index (χ4n) is 3.38. The van der Waals surface area contributed by atoms with Crippen LogP contribution in [0.1, 0.15) is 11.1 Å². The van der Waals surface area contributed by atoms with Crippen molar-refractivity contribution < 1.29 is 37.4 Å². The van der Waals surface area contributed by atoms with E-state index in [0.717, 1.165) is 6.07 Å². The van der Waals surface area contributed by atoms with Gasteiger partial charge in [-0.05, 0) is 35.9 Å². The molecule has 0 fully saturated rings. The monoisotopic (exact) mass is 516 g/mol. The number of nitro benzene ring substituents is 1. The maximum absolute atomic E-state index is 13.1. The Bertz CT molecular complexity index is 1390. The molecular weight excluding hydrogens is 492 g/mol. The van der Waals surface area contributed by atoms with E-state index in [2.05, 4.69) is 4.72 Å². The average Bonchev–Trinajstić information content (AvgIpc) is 2.87. The van der Waals surface area contributed by atoms with E-state index in [1.807, 2.05) is 0 Å². The second-order valence-electron chi connectivity index (χ2n) is 7.23. The van der Waals surface area contributed by atoms with E-state index >= 15 is 0 Å². The van der Waals surface area contributed by atoms with E-state index in [-0.39, 0.29) is 27.8 Å². The molecular formula is C24H24N2O9S. The first-order valence-corrected chi connectivity index (χ1v) is 11.8. The number of phenolic OH excluding ortho intramolecular Hbond substituents is 1. The van der Waals surface area contributed by atoms with Gasteiger partial charge in [0.15, 0.2) is 23.0 Å². The second-order valence-corrected chi connectivity index (χ2v) is 8.92. The number of rotatable bonds is 10. The quantitative estimate of drug-likeness (QED) is 0.229. The number of sulfonamides is 1. The van der Waals surface area contributed by atoms with Gasteiger partial charge in [0.2, 0.25) is 5.75 Å². The Morgan fingerprint density at radius 1 is 0.889 bits per heavy atom. The predicted octanol–water partition coefficient (Wildman–Crippen LogP) is 4.31. The molecule has 0 heterocycles. The molecule has 0 saturated heterocycles. The number of nitrogens with one attached hydrogen (secondary N) is 1. The van der Waals surface area contributed by atoms with Crippen LogP contribution in [0, 0.1) is 10.1 Å². The first kappa shape index (κ1) is 26.2. The minimum atomic E-state index is -4.29. The Balaban J connectivity index is 2.08. The SMILES string of the molecule is COc1cc(/C=C\c2ccc(O)c(OC)c2NS(=O)(=O)c2cccc([N+](=O)[O-])c2)cc(OC)c1OC. The van der Waals surface area contributed by atoms with Gasteiger partial charge in [0.25, 0.3) is 15.7 Å². The Kier molecular flexibility index (Phi) is 7.90. The normalized spacial score (nSPS) is 11.2. The molecule has 3 aromatic carbocycles. The molecule has 0 aliphatic carbocycles. The number of nitrogens with zero attached hydrogens (tertiary/aromatic N) is 1. The zero-order valence-electron chi connectivity index (χ0n) is 19.8. The van der Waals surface area contributed by atoms with Crippen LogP contribution in [0.2, 0.25) is 0 Å². The highest BCUT2D eigenvalue weighted by Gasteiger charge is 2.22. The molecule has 0 unspecified atom stereocenters. The molecule has 0 saturated carbocycles. The lowest BCUT2D eigenvalue weighted by Crippen LogP contribution is -2.15. The van der Waals surface area contributed by atoms with Crippen molar-refractivity contribution in [3.63, 3.8) is 0 Å². The summed E-state index contributed by atoms with van der Waals surface area (Å²) in [6.45, 7) is 0. The number of hydrogen-bond acceptors (Lipinski definition) is 9. The Morgan fingerprint density at radius 3 is 2.08 bits per heavy atom. The summed E-state index contributed by atoms with van der Waals surface area (Å²) < 4.78 is 49.8. The number of aromatic hydroxyl groups is 1. The van der Waals surface area contributed by atoms with Crippen LogP contribution >= 0.6 is 0 Å². The Morgan fingerprint density at radius 2 is 1.53 bits per heavy atom. The van der Waals surface area contributed by atoms with E-state index in [0.29, 0.717) is 28.4 Å². The van der Waals surface area contributed by atoms with Crippen molar-refractivity contribution in [1.82, 2.24) is 0 Å². The van der Waals surface area contributed by atoms with Crippen LogP contribution in [0.15, 0.2) is 53.4 Å². The van der Waals surface area contributed by atoms with E-state index < -0.39 is 14.9 Å². The van der Waals surface area contributed by atoms with Gasteiger partial charge >= 0.3 is 0 Å². The lowest BCUT2D eigenvalue weighted by molar-refractivity contribution is -0.385. The summed E-state index contributed by atoms with van der Waals surface area (Å²) in [5, 5.41) is 21.4. The molecule has 0 aliphatic heterocycles. The predicted molar refractivity (Wildman–Crippen MR) is 134 cm³/mol. The van der Waals surface area contributed by atoms with Gasteiger partial charge in [-0.3, -0.25) is 14.8 Å². The summed E-state index contributed by atoms with van der Waals surface area (Å²) in [4.78, 5) is 10.1. The van der Waals surface area contributed by atoms with Crippen molar-refractivity contribution in [3.05, 3.63) is 69.8 Å². The fourth-order valence-corrected chi connectivity index (χ4v) is 4.51. The molecule has 0 spiro atoms. The molecule has 3 aromatic rings. The average molecular weight is 517 g/mol. The van der Waals surface area contributed by atoms with Crippen LogP contribution in [0.5, 0.6) is 28.7 Å². The van der Waals surface area contributed by atoms with Crippen molar-refractivity contribution in [2.45, 2.75) is 4.90 Å². The third kappa shape index (κ3) is 5.44. The minimum Gasteiger partial charge on any atom is -0.504 e. The van der Waals surface area contributed by atoms with Gasteiger partial charge in [-0.1, -0.05) is 18.2 Å². The number of nitro groups is 1. The number of non-ortho nitro benzene ring substituents is 1. The molecule has 12 heteroatoms. The molecule has 190 valence electrons. The smallest absolute Gasteiger partial charge is 0.270 e. The van der Waals surface area contributed by atoms with Crippen molar-refractivity contribution in [1.29, 1.82) is 0 Å². The lowest BCUT2D eigenvalue weighted by Gasteiger charge is -2.16. The summed E-state index contributed by atoms with van der Waals surface area (Å²) in [6.07, 6.45) is 3.26. The van der Waals surface area contributed by atoms with Gasteiger partial charge in [-0.15, -0.1) is 0 Å². The molecule has 0 amide bonds. The molecule has 0 bridgehead atoms. The van der Waals surface area contributed by atoms with Crippen LogP contribution in [-0.2, 0) is 10.0 Å². The maximum Gasteiger partial charge on any atom is 0.270 e. The summed E-state index contributed by atoms with van der Waals surface area (Å²) in [5.74, 6) is 0.821. The highest BCUT2D eigenvalue weighted by molar-refractivity contribution is 7.92. The summed E-state index contributed by atoms with van der Waals surface area (Å²) in [7, 11) is 1.43. The molecule has 2 N–H and O–H groups in total. The molecule has 3 rings (SSSR count). The van der Waals surface area contributed by atoms with Gasteiger partial charge in [-0.25, -0.2) is 8.42 Å². The highest BCUT2D eigenvalue weighted by atomic mass is 32.2. The first-order valence-electron chi connectivity index (χ1n) is 10.3. The standard InChI is InChI=1S/C24H24N2O9S/c1-32-20-12-15(13-21(33-2)24(20)35-4)8-9-16-10-11-19(27)23(34-3)22(16)25-36(30,31)18-7-5-6-17(14-18)26(28)29/h5-14,25,27H,1-4H3/b9-8-. The third-order valence-corrected chi connectivity index (χ3v) is 6.44. The lowest BCUT2D eigenvalue weighted by atomic mass is 10.1. The Labute approximate surface area is 207 Å². The minimum absolute atomic E-state index is 0.0623. The molecule has 11 nitrogen and oxygen atoms in total. The van der Waals surface area contributed by atoms with E-state index in [4.69, 9.17) is 18.9 Å². The van der Waals surface area contributed by atoms with E-state index in [1.54, 1.807) is 24.3 Å². The van der Waals surface area contributed by atoms with Crippen molar-refractivity contribution in [3.8, 4) is 28.7 Å².